The number of sulfonamides is 1. The lowest BCUT2D eigenvalue weighted by Gasteiger charge is -2.13. The Kier molecular flexibility index (Phi) is 6.47. The second kappa shape index (κ2) is 9.06. The molecule has 1 heterocycles. The molecule has 0 saturated carbocycles. The maximum absolute atomic E-state index is 12.8. The number of methoxy groups -OCH3 is 1. The SMILES string of the molecule is COc1ccccc1NS(=O)(=O)c1ccc(O)c(NC(=O)c2ccc(NC(C)=O)s2)c1. The summed E-state index contributed by atoms with van der Waals surface area (Å²) in [6, 6.07) is 13.1. The van der Waals surface area contributed by atoms with Gasteiger partial charge in [0.15, 0.2) is 0 Å². The number of phenols is 1. The van der Waals surface area contributed by atoms with Crippen LogP contribution in [0.5, 0.6) is 11.5 Å². The number of amides is 2. The highest BCUT2D eigenvalue weighted by Gasteiger charge is 2.20. The molecule has 0 spiro atoms. The van der Waals surface area contributed by atoms with Gasteiger partial charge in [0.25, 0.3) is 15.9 Å². The maximum Gasteiger partial charge on any atom is 0.265 e. The fraction of sp³-hybridized carbons (Fsp3) is 0.100. The molecule has 162 valence electrons. The number of hydrogen-bond acceptors (Lipinski definition) is 7. The first-order valence-electron chi connectivity index (χ1n) is 8.87. The third-order valence-corrected chi connectivity index (χ3v) is 6.37. The topological polar surface area (TPSA) is 134 Å². The third kappa shape index (κ3) is 5.32. The summed E-state index contributed by atoms with van der Waals surface area (Å²) in [4.78, 5) is 23.7. The Hall–Kier alpha value is -3.57. The van der Waals surface area contributed by atoms with Crippen molar-refractivity contribution in [2.75, 3.05) is 22.5 Å². The predicted octanol–water partition coefficient (Wildman–Crippen LogP) is 3.47. The summed E-state index contributed by atoms with van der Waals surface area (Å²) in [7, 11) is -2.61. The van der Waals surface area contributed by atoms with E-state index < -0.39 is 15.9 Å². The fourth-order valence-electron chi connectivity index (χ4n) is 2.60. The van der Waals surface area contributed by atoms with E-state index in [1.165, 1.54) is 32.2 Å². The largest absolute Gasteiger partial charge is 0.506 e. The van der Waals surface area contributed by atoms with Crippen LogP contribution in [0.2, 0.25) is 0 Å². The van der Waals surface area contributed by atoms with Crippen LogP contribution in [-0.4, -0.2) is 32.4 Å². The van der Waals surface area contributed by atoms with Crippen LogP contribution in [0.1, 0.15) is 16.6 Å². The zero-order valence-electron chi connectivity index (χ0n) is 16.5. The average molecular weight is 462 g/mol. The molecule has 0 aliphatic rings. The van der Waals surface area contributed by atoms with Crippen molar-refractivity contribution in [2.45, 2.75) is 11.8 Å². The number of para-hydroxylation sites is 2. The normalized spacial score (nSPS) is 10.9. The standard InChI is InChI=1S/C20H19N3O6S2/c1-12(24)21-19-10-9-18(30-19)20(26)22-15-11-13(7-8-16(15)25)31(27,28)23-14-5-3-4-6-17(14)29-2/h3-11,23,25H,1-2H3,(H,21,24)(H,22,26). The monoisotopic (exact) mass is 461 g/mol. The van der Waals surface area contributed by atoms with Crippen molar-refractivity contribution >= 4 is 49.6 Å². The summed E-state index contributed by atoms with van der Waals surface area (Å²) in [5.41, 5.74) is 0.162. The number of anilines is 3. The second-order valence-electron chi connectivity index (χ2n) is 6.28. The van der Waals surface area contributed by atoms with Crippen LogP contribution >= 0.6 is 11.3 Å². The van der Waals surface area contributed by atoms with Gasteiger partial charge in [-0.1, -0.05) is 12.1 Å². The van der Waals surface area contributed by atoms with Crippen molar-refractivity contribution in [1.82, 2.24) is 0 Å². The summed E-state index contributed by atoms with van der Waals surface area (Å²) >= 11 is 1.04. The smallest absolute Gasteiger partial charge is 0.265 e. The molecule has 0 unspecified atom stereocenters. The summed E-state index contributed by atoms with van der Waals surface area (Å²) in [6.07, 6.45) is 0. The summed E-state index contributed by atoms with van der Waals surface area (Å²) in [5, 5.41) is 15.6. The number of rotatable bonds is 7. The molecular weight excluding hydrogens is 442 g/mol. The number of carbonyl (C=O) groups is 2. The van der Waals surface area contributed by atoms with Crippen LogP contribution in [0.3, 0.4) is 0 Å². The molecule has 3 rings (SSSR count). The van der Waals surface area contributed by atoms with Crippen molar-refractivity contribution < 1.29 is 27.9 Å². The van der Waals surface area contributed by atoms with Crippen LogP contribution in [0.4, 0.5) is 16.4 Å². The maximum atomic E-state index is 12.8. The minimum absolute atomic E-state index is 0.0811. The number of hydrogen-bond donors (Lipinski definition) is 4. The van der Waals surface area contributed by atoms with Gasteiger partial charge >= 0.3 is 0 Å². The highest BCUT2D eigenvalue weighted by Crippen LogP contribution is 2.31. The second-order valence-corrected chi connectivity index (χ2v) is 9.05. The Labute approximate surface area is 182 Å². The third-order valence-electron chi connectivity index (χ3n) is 4.01. The van der Waals surface area contributed by atoms with Crippen molar-refractivity contribution in [3.05, 3.63) is 59.5 Å². The Balaban J connectivity index is 1.83. The molecule has 2 aromatic carbocycles. The molecule has 2 amide bonds. The van der Waals surface area contributed by atoms with Gasteiger partial charge in [-0.3, -0.25) is 14.3 Å². The first-order valence-corrected chi connectivity index (χ1v) is 11.2. The van der Waals surface area contributed by atoms with E-state index >= 15 is 0 Å². The van der Waals surface area contributed by atoms with Crippen molar-refractivity contribution in [3.8, 4) is 11.5 Å². The number of phenolic OH excluding ortho intramolecular Hbond substituents is 1. The molecule has 0 bridgehead atoms. The number of thiophene rings is 1. The van der Waals surface area contributed by atoms with E-state index in [0.29, 0.717) is 10.8 Å². The van der Waals surface area contributed by atoms with Gasteiger partial charge in [-0.25, -0.2) is 8.42 Å². The number of nitrogens with one attached hydrogen (secondary N) is 3. The van der Waals surface area contributed by atoms with Crippen LogP contribution < -0.4 is 20.1 Å². The Morgan fingerprint density at radius 2 is 1.74 bits per heavy atom. The quantitative estimate of drug-likeness (QED) is 0.398. The highest BCUT2D eigenvalue weighted by molar-refractivity contribution is 7.92. The molecule has 0 saturated heterocycles. The van der Waals surface area contributed by atoms with Crippen molar-refractivity contribution in [2.24, 2.45) is 0 Å². The molecule has 0 atom stereocenters. The van der Waals surface area contributed by atoms with E-state index in [1.54, 1.807) is 30.3 Å². The van der Waals surface area contributed by atoms with Gasteiger partial charge in [0.2, 0.25) is 5.91 Å². The minimum Gasteiger partial charge on any atom is -0.506 e. The van der Waals surface area contributed by atoms with E-state index in [1.807, 2.05) is 0 Å². The average Bonchev–Trinajstić information content (AvgIpc) is 3.17. The van der Waals surface area contributed by atoms with Crippen LogP contribution in [-0.2, 0) is 14.8 Å². The number of carbonyl (C=O) groups excluding carboxylic acids is 2. The molecule has 31 heavy (non-hydrogen) atoms. The van der Waals surface area contributed by atoms with Gasteiger partial charge in [-0.2, -0.15) is 0 Å². The van der Waals surface area contributed by atoms with Gasteiger partial charge < -0.3 is 20.5 Å². The van der Waals surface area contributed by atoms with Crippen LogP contribution in [0.15, 0.2) is 59.5 Å². The van der Waals surface area contributed by atoms with Gasteiger partial charge in [0.05, 0.1) is 33.3 Å². The highest BCUT2D eigenvalue weighted by atomic mass is 32.2. The lowest BCUT2D eigenvalue weighted by molar-refractivity contribution is -0.114. The number of aromatic hydroxyl groups is 1. The van der Waals surface area contributed by atoms with Gasteiger partial charge in [0.1, 0.15) is 11.5 Å². The predicted molar refractivity (Wildman–Crippen MR) is 118 cm³/mol. The molecule has 1 aromatic heterocycles. The number of ether oxygens (including phenoxy) is 1. The Bertz CT molecular complexity index is 1240. The van der Waals surface area contributed by atoms with Crippen LogP contribution in [0.25, 0.3) is 0 Å². The van der Waals surface area contributed by atoms with E-state index in [0.717, 1.165) is 17.4 Å². The zero-order valence-corrected chi connectivity index (χ0v) is 18.1. The van der Waals surface area contributed by atoms with Gasteiger partial charge in [-0.15, -0.1) is 11.3 Å². The first-order chi connectivity index (χ1) is 14.7. The Morgan fingerprint density at radius 1 is 1.00 bits per heavy atom. The van der Waals surface area contributed by atoms with E-state index in [2.05, 4.69) is 15.4 Å². The molecule has 0 aliphatic heterocycles. The van der Waals surface area contributed by atoms with Crippen LogP contribution in [0, 0.1) is 0 Å². The fourth-order valence-corrected chi connectivity index (χ4v) is 4.54. The summed E-state index contributed by atoms with van der Waals surface area (Å²) in [5.74, 6) is -0.801. The molecule has 0 aliphatic carbocycles. The van der Waals surface area contributed by atoms with E-state index in [4.69, 9.17) is 4.74 Å². The molecule has 0 radical (unpaired) electrons. The van der Waals surface area contributed by atoms with E-state index in [-0.39, 0.29) is 32.8 Å². The minimum atomic E-state index is -4.03. The first kappa shape index (κ1) is 22.1. The van der Waals surface area contributed by atoms with Crippen molar-refractivity contribution in [1.29, 1.82) is 0 Å². The molecule has 0 fully saturated rings. The van der Waals surface area contributed by atoms with Gasteiger partial charge in [0, 0.05) is 6.92 Å². The molecule has 9 nitrogen and oxygen atoms in total. The molecule has 3 aromatic rings. The summed E-state index contributed by atoms with van der Waals surface area (Å²) < 4.78 is 33.2. The zero-order chi connectivity index (χ0) is 22.6. The lowest BCUT2D eigenvalue weighted by Crippen LogP contribution is -2.15. The lowest BCUT2D eigenvalue weighted by atomic mass is 10.3. The molecular formula is C20H19N3O6S2. The van der Waals surface area contributed by atoms with E-state index in [9.17, 15) is 23.1 Å². The Morgan fingerprint density at radius 3 is 2.45 bits per heavy atom. The van der Waals surface area contributed by atoms with Crippen molar-refractivity contribution in [3.63, 3.8) is 0 Å². The van der Waals surface area contributed by atoms with Gasteiger partial charge in [-0.05, 0) is 42.5 Å². The summed E-state index contributed by atoms with van der Waals surface area (Å²) in [6.45, 7) is 1.35. The molecule has 11 heteroatoms. The molecule has 4 N–H and O–H groups in total. The number of benzene rings is 2.